The van der Waals surface area contributed by atoms with E-state index in [0.717, 1.165) is 42.5 Å². The predicted octanol–water partition coefficient (Wildman–Crippen LogP) is 2.63. The van der Waals surface area contributed by atoms with Crippen LogP contribution < -0.4 is 0 Å². The fourth-order valence-electron chi connectivity index (χ4n) is 3.29. The van der Waals surface area contributed by atoms with Crippen LogP contribution in [-0.4, -0.2) is 43.0 Å². The van der Waals surface area contributed by atoms with Crippen molar-refractivity contribution < 1.29 is 13.2 Å². The first-order chi connectivity index (χ1) is 10.6. The first kappa shape index (κ1) is 14.6. The molecule has 4 heterocycles. The molecule has 2 aromatic heterocycles. The molecular formula is C15H18N2O3S2. The lowest BCUT2D eigenvalue weighted by Gasteiger charge is -2.41. The van der Waals surface area contributed by atoms with Gasteiger partial charge in [0.1, 0.15) is 4.90 Å². The molecule has 0 radical (unpaired) electrons. The number of thiophene rings is 1. The topological polar surface area (TPSA) is 59.5 Å². The summed E-state index contributed by atoms with van der Waals surface area (Å²) in [6.45, 7) is 1.91. The summed E-state index contributed by atoms with van der Waals surface area (Å²) in [6, 6.07) is 3.64. The fourth-order valence-corrected chi connectivity index (χ4v) is 5.59. The first-order valence-electron chi connectivity index (χ1n) is 7.57. The van der Waals surface area contributed by atoms with Gasteiger partial charge in [-0.3, -0.25) is 4.98 Å². The summed E-state index contributed by atoms with van der Waals surface area (Å²) < 4.78 is 34.0. The molecule has 2 aromatic rings. The van der Waals surface area contributed by atoms with E-state index in [2.05, 4.69) is 4.98 Å². The molecule has 22 heavy (non-hydrogen) atoms. The second kappa shape index (κ2) is 5.26. The van der Waals surface area contributed by atoms with Crippen LogP contribution in [0.4, 0.5) is 0 Å². The summed E-state index contributed by atoms with van der Waals surface area (Å²) in [5.41, 5.74) is 0.793. The summed E-state index contributed by atoms with van der Waals surface area (Å²) in [6.07, 6.45) is 5.14. The van der Waals surface area contributed by atoms with E-state index >= 15 is 0 Å². The standard InChI is InChI=1S/C15H18N2O3S2/c18-22(19,12-10-14-13(16-11-12)2-9-21-14)17-6-1-3-15(4-7-17)5-8-20-15/h2,9-11H,1,3-8H2. The first-order valence-corrected chi connectivity index (χ1v) is 9.89. The molecule has 1 atom stereocenters. The number of pyridine rings is 1. The van der Waals surface area contributed by atoms with Crippen LogP contribution in [0.3, 0.4) is 0 Å². The average molecular weight is 338 g/mol. The van der Waals surface area contributed by atoms with Gasteiger partial charge in [-0.1, -0.05) is 0 Å². The quantitative estimate of drug-likeness (QED) is 0.844. The van der Waals surface area contributed by atoms with E-state index in [0.29, 0.717) is 18.0 Å². The fraction of sp³-hybridized carbons (Fsp3) is 0.533. The maximum absolute atomic E-state index is 12.9. The molecule has 2 saturated heterocycles. The number of aromatic nitrogens is 1. The van der Waals surface area contributed by atoms with E-state index in [1.807, 2.05) is 11.4 Å². The second-order valence-electron chi connectivity index (χ2n) is 6.01. The van der Waals surface area contributed by atoms with Crippen molar-refractivity contribution in [3.05, 3.63) is 23.7 Å². The Morgan fingerprint density at radius 1 is 1.27 bits per heavy atom. The van der Waals surface area contributed by atoms with Crippen molar-refractivity contribution in [1.29, 1.82) is 0 Å². The van der Waals surface area contributed by atoms with E-state index < -0.39 is 10.0 Å². The van der Waals surface area contributed by atoms with Crippen molar-refractivity contribution in [2.24, 2.45) is 0 Å². The molecule has 7 heteroatoms. The van der Waals surface area contributed by atoms with Crippen molar-refractivity contribution in [1.82, 2.24) is 9.29 Å². The van der Waals surface area contributed by atoms with Crippen molar-refractivity contribution in [2.45, 2.75) is 36.2 Å². The maximum atomic E-state index is 12.9. The molecular weight excluding hydrogens is 320 g/mol. The van der Waals surface area contributed by atoms with Crippen LogP contribution in [0.5, 0.6) is 0 Å². The SMILES string of the molecule is O=S(=O)(c1cnc2ccsc2c1)N1CCCC2(CCO2)CC1. The minimum Gasteiger partial charge on any atom is -0.375 e. The highest BCUT2D eigenvalue weighted by Gasteiger charge is 2.41. The van der Waals surface area contributed by atoms with Gasteiger partial charge in [-0.2, -0.15) is 4.31 Å². The van der Waals surface area contributed by atoms with Gasteiger partial charge in [-0.05, 0) is 43.2 Å². The van der Waals surface area contributed by atoms with Gasteiger partial charge >= 0.3 is 0 Å². The Bertz CT molecular complexity index is 796. The van der Waals surface area contributed by atoms with Crippen molar-refractivity contribution >= 4 is 31.6 Å². The maximum Gasteiger partial charge on any atom is 0.244 e. The van der Waals surface area contributed by atoms with Gasteiger partial charge in [0.05, 0.1) is 22.4 Å². The van der Waals surface area contributed by atoms with Gasteiger partial charge in [0.2, 0.25) is 10.0 Å². The molecule has 2 aliphatic heterocycles. The predicted molar refractivity (Wildman–Crippen MR) is 85.5 cm³/mol. The van der Waals surface area contributed by atoms with Gasteiger partial charge in [0.15, 0.2) is 0 Å². The molecule has 0 N–H and O–H groups in total. The lowest BCUT2D eigenvalue weighted by molar-refractivity contribution is -0.153. The third-order valence-corrected chi connectivity index (χ3v) is 7.46. The minimum absolute atomic E-state index is 0.0553. The summed E-state index contributed by atoms with van der Waals surface area (Å²) in [5, 5.41) is 1.93. The highest BCUT2D eigenvalue weighted by molar-refractivity contribution is 7.89. The summed E-state index contributed by atoms with van der Waals surface area (Å²) in [4.78, 5) is 4.56. The number of hydrogen-bond donors (Lipinski definition) is 0. The Labute approximate surface area is 134 Å². The Kier molecular flexibility index (Phi) is 3.48. The number of ether oxygens (including phenoxy) is 1. The molecule has 1 spiro atoms. The molecule has 2 fully saturated rings. The molecule has 0 aromatic carbocycles. The number of hydrogen-bond acceptors (Lipinski definition) is 5. The van der Waals surface area contributed by atoms with Crippen LogP contribution in [0.15, 0.2) is 28.6 Å². The van der Waals surface area contributed by atoms with Gasteiger partial charge < -0.3 is 4.74 Å². The molecule has 1 unspecified atom stereocenters. The van der Waals surface area contributed by atoms with E-state index in [1.54, 1.807) is 10.4 Å². The van der Waals surface area contributed by atoms with Gasteiger partial charge in [0, 0.05) is 19.3 Å². The molecule has 5 nitrogen and oxygen atoms in total. The highest BCUT2D eigenvalue weighted by Crippen LogP contribution is 2.37. The second-order valence-corrected chi connectivity index (χ2v) is 8.90. The van der Waals surface area contributed by atoms with Gasteiger partial charge in [0.25, 0.3) is 0 Å². The molecule has 2 aliphatic rings. The Morgan fingerprint density at radius 2 is 2.14 bits per heavy atom. The van der Waals surface area contributed by atoms with Crippen LogP contribution >= 0.6 is 11.3 Å². The molecule has 0 bridgehead atoms. The van der Waals surface area contributed by atoms with Crippen molar-refractivity contribution in [2.75, 3.05) is 19.7 Å². The molecule has 4 rings (SSSR count). The number of rotatable bonds is 2. The Morgan fingerprint density at radius 3 is 2.91 bits per heavy atom. The normalized spacial score (nSPS) is 26.9. The van der Waals surface area contributed by atoms with Crippen molar-refractivity contribution in [3.8, 4) is 0 Å². The van der Waals surface area contributed by atoms with E-state index in [-0.39, 0.29) is 5.60 Å². The Balaban J connectivity index is 1.61. The third kappa shape index (κ3) is 2.36. The molecule has 0 saturated carbocycles. The largest absolute Gasteiger partial charge is 0.375 e. The zero-order valence-electron chi connectivity index (χ0n) is 12.2. The number of nitrogens with zero attached hydrogens (tertiary/aromatic N) is 2. The summed E-state index contributed by atoms with van der Waals surface area (Å²) >= 11 is 1.52. The van der Waals surface area contributed by atoms with Gasteiger partial charge in [-0.15, -0.1) is 11.3 Å². The lowest BCUT2D eigenvalue weighted by Crippen LogP contribution is -2.44. The van der Waals surface area contributed by atoms with Crippen molar-refractivity contribution in [3.63, 3.8) is 0 Å². The zero-order valence-corrected chi connectivity index (χ0v) is 13.8. The van der Waals surface area contributed by atoms with Crippen LogP contribution in [0.1, 0.15) is 25.7 Å². The smallest absolute Gasteiger partial charge is 0.244 e. The molecule has 0 aliphatic carbocycles. The van der Waals surface area contributed by atoms with Crippen LogP contribution in [-0.2, 0) is 14.8 Å². The number of sulfonamides is 1. The van der Waals surface area contributed by atoms with Crippen LogP contribution in [0.2, 0.25) is 0 Å². The number of fused-ring (bicyclic) bond motifs is 1. The Hall–Kier alpha value is -1.02. The zero-order chi connectivity index (χ0) is 15.2. The van der Waals surface area contributed by atoms with Crippen LogP contribution in [0.25, 0.3) is 10.2 Å². The van der Waals surface area contributed by atoms with E-state index in [9.17, 15) is 8.42 Å². The summed E-state index contributed by atoms with van der Waals surface area (Å²) in [5.74, 6) is 0. The van der Waals surface area contributed by atoms with E-state index in [4.69, 9.17) is 4.74 Å². The summed E-state index contributed by atoms with van der Waals surface area (Å²) in [7, 11) is -3.47. The van der Waals surface area contributed by atoms with E-state index in [1.165, 1.54) is 17.5 Å². The monoisotopic (exact) mass is 338 g/mol. The van der Waals surface area contributed by atoms with Crippen LogP contribution in [0, 0.1) is 0 Å². The van der Waals surface area contributed by atoms with Gasteiger partial charge in [-0.25, -0.2) is 8.42 Å². The molecule has 118 valence electrons. The third-order valence-electron chi connectivity index (χ3n) is 4.74. The minimum atomic E-state index is -3.47. The lowest BCUT2D eigenvalue weighted by atomic mass is 9.87. The highest BCUT2D eigenvalue weighted by atomic mass is 32.2. The molecule has 0 amide bonds. The average Bonchev–Trinajstić information content (AvgIpc) is 2.80.